The molecule has 0 aliphatic rings. The van der Waals surface area contributed by atoms with E-state index in [1.807, 2.05) is 0 Å². The first-order valence-electron chi connectivity index (χ1n) is 8.05. The summed E-state index contributed by atoms with van der Waals surface area (Å²) >= 11 is 0. The van der Waals surface area contributed by atoms with Crippen LogP contribution < -0.4 is 10.6 Å². The van der Waals surface area contributed by atoms with Crippen LogP contribution in [-0.2, 0) is 6.54 Å². The highest BCUT2D eigenvalue weighted by Gasteiger charge is 2.15. The van der Waals surface area contributed by atoms with E-state index in [-0.39, 0.29) is 18.2 Å². The fourth-order valence-electron chi connectivity index (χ4n) is 2.63. The van der Waals surface area contributed by atoms with Gasteiger partial charge in [0.05, 0.1) is 23.6 Å². The van der Waals surface area contributed by atoms with Gasteiger partial charge in [0.15, 0.2) is 0 Å². The van der Waals surface area contributed by atoms with Crippen molar-refractivity contribution in [2.45, 2.75) is 20.4 Å². The normalized spacial score (nSPS) is 10.6. The minimum Gasteiger partial charge on any atom is -0.308 e. The van der Waals surface area contributed by atoms with Crippen molar-refractivity contribution in [3.8, 4) is 0 Å². The summed E-state index contributed by atoms with van der Waals surface area (Å²) in [6.45, 7) is 3.83. The van der Waals surface area contributed by atoms with Crippen molar-refractivity contribution in [3.05, 3.63) is 77.1 Å². The molecule has 0 aliphatic heterocycles. The molecule has 26 heavy (non-hydrogen) atoms. The van der Waals surface area contributed by atoms with E-state index < -0.39 is 6.03 Å². The van der Waals surface area contributed by atoms with E-state index in [1.165, 1.54) is 30.3 Å². The number of anilines is 2. The van der Waals surface area contributed by atoms with Crippen LogP contribution in [0.3, 0.4) is 0 Å². The van der Waals surface area contributed by atoms with Crippen LogP contribution >= 0.6 is 0 Å². The van der Waals surface area contributed by atoms with Crippen molar-refractivity contribution < 1.29 is 13.6 Å². The van der Waals surface area contributed by atoms with Gasteiger partial charge < -0.3 is 10.6 Å². The summed E-state index contributed by atoms with van der Waals surface area (Å²) in [5, 5.41) is 9.74. The number of halogens is 2. The molecule has 1 aromatic heterocycles. The number of benzene rings is 2. The molecule has 0 saturated heterocycles. The Kier molecular flexibility index (Phi) is 4.97. The van der Waals surface area contributed by atoms with E-state index in [4.69, 9.17) is 0 Å². The van der Waals surface area contributed by atoms with Crippen molar-refractivity contribution in [3.63, 3.8) is 0 Å². The second-order valence-electron chi connectivity index (χ2n) is 5.88. The first kappa shape index (κ1) is 17.6. The highest BCUT2D eigenvalue weighted by molar-refractivity contribution is 6.00. The third-order valence-corrected chi connectivity index (χ3v) is 4.00. The van der Waals surface area contributed by atoms with E-state index >= 15 is 0 Å². The molecule has 134 valence electrons. The molecule has 3 aromatic rings. The third kappa shape index (κ3) is 3.88. The molecule has 2 N–H and O–H groups in total. The van der Waals surface area contributed by atoms with Crippen LogP contribution in [-0.4, -0.2) is 15.8 Å². The van der Waals surface area contributed by atoms with Gasteiger partial charge >= 0.3 is 6.03 Å². The van der Waals surface area contributed by atoms with E-state index in [2.05, 4.69) is 15.7 Å². The summed E-state index contributed by atoms with van der Waals surface area (Å²) in [5.41, 5.74) is 2.87. The molecule has 2 amide bonds. The lowest BCUT2D eigenvalue weighted by Crippen LogP contribution is -2.20. The summed E-state index contributed by atoms with van der Waals surface area (Å²) in [4.78, 5) is 12.2. The first-order chi connectivity index (χ1) is 12.4. The van der Waals surface area contributed by atoms with Gasteiger partial charge in [-0.3, -0.25) is 4.68 Å². The van der Waals surface area contributed by atoms with E-state index in [1.54, 1.807) is 36.7 Å². The number of carbonyl (C=O) groups excluding carboxylic acids is 1. The van der Waals surface area contributed by atoms with Gasteiger partial charge in [-0.2, -0.15) is 5.10 Å². The number of carbonyl (C=O) groups is 1. The van der Waals surface area contributed by atoms with Gasteiger partial charge in [0.1, 0.15) is 11.6 Å². The summed E-state index contributed by atoms with van der Waals surface area (Å²) in [7, 11) is 0. The van der Waals surface area contributed by atoms with Crippen LogP contribution in [0.5, 0.6) is 0 Å². The lowest BCUT2D eigenvalue weighted by Gasteiger charge is -2.09. The van der Waals surface area contributed by atoms with Crippen molar-refractivity contribution in [2.24, 2.45) is 0 Å². The maximum atomic E-state index is 13.8. The summed E-state index contributed by atoms with van der Waals surface area (Å²) in [6.07, 6.45) is 0. The topological polar surface area (TPSA) is 59.0 Å². The second-order valence-corrected chi connectivity index (χ2v) is 5.88. The van der Waals surface area contributed by atoms with Gasteiger partial charge in [-0.25, -0.2) is 13.6 Å². The van der Waals surface area contributed by atoms with Crippen molar-refractivity contribution in [2.75, 3.05) is 10.6 Å². The molecule has 0 bridgehead atoms. The highest BCUT2D eigenvalue weighted by atomic mass is 19.1. The smallest absolute Gasteiger partial charge is 0.308 e. The molecule has 2 aromatic carbocycles. The summed E-state index contributed by atoms with van der Waals surface area (Å²) in [5.74, 6) is -0.680. The number of nitrogens with zero attached hydrogens (tertiary/aromatic N) is 2. The Bertz CT molecular complexity index is 935. The lowest BCUT2D eigenvalue weighted by molar-refractivity contribution is 0.262. The van der Waals surface area contributed by atoms with Crippen LogP contribution in [0.2, 0.25) is 0 Å². The molecule has 0 fully saturated rings. The van der Waals surface area contributed by atoms with Crippen LogP contribution in [0.4, 0.5) is 25.0 Å². The van der Waals surface area contributed by atoms with Gasteiger partial charge in [-0.15, -0.1) is 0 Å². The Morgan fingerprint density at radius 1 is 1.04 bits per heavy atom. The molecule has 7 heteroatoms. The molecule has 0 saturated carbocycles. The fraction of sp³-hybridized carbons (Fsp3) is 0.158. The van der Waals surface area contributed by atoms with Crippen LogP contribution in [0.1, 0.15) is 17.0 Å². The quantitative estimate of drug-likeness (QED) is 0.725. The number of nitrogens with one attached hydrogen (secondary N) is 2. The molecule has 0 unspecified atom stereocenters. The average Bonchev–Trinajstić information content (AvgIpc) is 2.86. The van der Waals surface area contributed by atoms with Crippen molar-refractivity contribution in [1.29, 1.82) is 0 Å². The molecule has 0 spiro atoms. The zero-order valence-corrected chi connectivity index (χ0v) is 14.4. The Labute approximate surface area is 149 Å². The Morgan fingerprint density at radius 3 is 2.42 bits per heavy atom. The third-order valence-electron chi connectivity index (χ3n) is 4.00. The number of hydrogen-bond acceptors (Lipinski definition) is 2. The first-order valence-corrected chi connectivity index (χ1v) is 8.05. The van der Waals surface area contributed by atoms with Crippen LogP contribution in [0.25, 0.3) is 0 Å². The molecular weight excluding hydrogens is 338 g/mol. The van der Waals surface area contributed by atoms with Gasteiger partial charge in [-0.1, -0.05) is 18.2 Å². The Hall–Kier alpha value is -3.22. The minimum atomic E-state index is -0.465. The van der Waals surface area contributed by atoms with Crippen molar-refractivity contribution in [1.82, 2.24) is 9.78 Å². The molecule has 3 rings (SSSR count). The van der Waals surface area contributed by atoms with Crippen LogP contribution in [0, 0.1) is 25.5 Å². The maximum absolute atomic E-state index is 13.8. The lowest BCUT2D eigenvalue weighted by atomic mass is 10.2. The zero-order chi connectivity index (χ0) is 18.7. The Balaban J connectivity index is 1.74. The molecule has 5 nitrogen and oxygen atoms in total. The van der Waals surface area contributed by atoms with Gasteiger partial charge in [0, 0.05) is 11.3 Å². The number of urea groups is 1. The number of aryl methyl sites for hydroxylation is 1. The van der Waals surface area contributed by atoms with Gasteiger partial charge in [-0.05, 0) is 44.2 Å². The number of aromatic nitrogens is 2. The minimum absolute atomic E-state index is 0.264. The average molecular weight is 356 g/mol. The molecule has 0 atom stereocenters. The SMILES string of the molecule is Cc1nn(Cc2ccccc2F)c(C)c1NC(=O)Nc1ccc(F)cc1. The van der Waals surface area contributed by atoms with E-state index in [0.29, 0.717) is 28.3 Å². The summed E-state index contributed by atoms with van der Waals surface area (Å²) < 4.78 is 28.4. The zero-order valence-electron chi connectivity index (χ0n) is 14.4. The molecule has 1 heterocycles. The Morgan fingerprint density at radius 2 is 1.73 bits per heavy atom. The highest BCUT2D eigenvalue weighted by Crippen LogP contribution is 2.21. The summed E-state index contributed by atoms with van der Waals surface area (Å²) in [6, 6.07) is 11.5. The standard InChI is InChI=1S/C19H18F2N4O/c1-12-18(23-19(26)22-16-9-7-15(20)8-10-16)13(2)25(24-12)11-14-5-3-4-6-17(14)21/h3-10H,11H2,1-2H3,(H2,22,23,26). The largest absolute Gasteiger partial charge is 0.323 e. The van der Waals surface area contributed by atoms with Crippen molar-refractivity contribution >= 4 is 17.4 Å². The number of hydrogen-bond donors (Lipinski definition) is 2. The predicted molar refractivity (Wildman–Crippen MR) is 96.2 cm³/mol. The second kappa shape index (κ2) is 7.35. The maximum Gasteiger partial charge on any atom is 0.323 e. The molecule has 0 aliphatic carbocycles. The fourth-order valence-corrected chi connectivity index (χ4v) is 2.63. The van der Waals surface area contributed by atoms with Crippen LogP contribution in [0.15, 0.2) is 48.5 Å². The monoisotopic (exact) mass is 356 g/mol. The molecule has 0 radical (unpaired) electrons. The number of amides is 2. The van der Waals surface area contributed by atoms with E-state index in [0.717, 1.165) is 0 Å². The van der Waals surface area contributed by atoms with Gasteiger partial charge in [0.25, 0.3) is 0 Å². The molecular formula is C19H18F2N4O. The number of rotatable bonds is 4. The predicted octanol–water partition coefficient (Wildman–Crippen LogP) is 4.47. The van der Waals surface area contributed by atoms with E-state index in [9.17, 15) is 13.6 Å². The van der Waals surface area contributed by atoms with Gasteiger partial charge in [0.2, 0.25) is 0 Å².